The lowest BCUT2D eigenvalue weighted by molar-refractivity contribution is 0.301. The van der Waals surface area contributed by atoms with Crippen molar-refractivity contribution in [1.82, 2.24) is 0 Å². The minimum absolute atomic E-state index is 0.526. The van der Waals surface area contributed by atoms with Gasteiger partial charge < -0.3 is 9.47 Å². The number of aryl methyl sites for hydroxylation is 1. The normalized spacial score (nSPS) is 9.40. The van der Waals surface area contributed by atoms with Crippen LogP contribution in [0, 0.1) is 12.3 Å². The number of terminal acetylenes is 1. The van der Waals surface area contributed by atoms with Gasteiger partial charge in [-0.3, -0.25) is 0 Å². The maximum Gasteiger partial charge on any atom is 0.161 e. The molecule has 2 heteroatoms. The first-order chi connectivity index (χ1) is 7.31. The van der Waals surface area contributed by atoms with Gasteiger partial charge in [-0.05, 0) is 24.1 Å². The lowest BCUT2D eigenvalue weighted by Crippen LogP contribution is -1.98. The van der Waals surface area contributed by atoms with Crippen molar-refractivity contribution in [3.8, 4) is 23.8 Å². The molecular formula is C13H16O2. The summed E-state index contributed by atoms with van der Waals surface area (Å²) < 4.78 is 10.7. The van der Waals surface area contributed by atoms with E-state index in [2.05, 4.69) is 12.8 Å². The van der Waals surface area contributed by atoms with Crippen LogP contribution in [-0.2, 0) is 6.42 Å². The summed E-state index contributed by atoms with van der Waals surface area (Å²) in [6.07, 6.45) is 6.74. The van der Waals surface area contributed by atoms with Gasteiger partial charge in [0.25, 0.3) is 0 Å². The fourth-order valence-electron chi connectivity index (χ4n) is 1.27. The van der Waals surface area contributed by atoms with Crippen molar-refractivity contribution in [3.63, 3.8) is 0 Å². The van der Waals surface area contributed by atoms with Crippen LogP contribution in [0.1, 0.15) is 18.9 Å². The van der Waals surface area contributed by atoms with Crippen LogP contribution in [0.5, 0.6) is 11.5 Å². The van der Waals surface area contributed by atoms with E-state index in [1.165, 1.54) is 5.56 Å². The molecule has 0 amide bonds. The molecule has 0 aliphatic carbocycles. The predicted molar refractivity (Wildman–Crippen MR) is 61.3 cm³/mol. The van der Waals surface area contributed by atoms with E-state index >= 15 is 0 Å². The number of ether oxygens (including phenoxy) is 2. The van der Waals surface area contributed by atoms with Gasteiger partial charge in [-0.25, -0.2) is 0 Å². The molecule has 0 aromatic heterocycles. The molecule has 0 atom stereocenters. The van der Waals surface area contributed by atoms with Crippen molar-refractivity contribution >= 4 is 0 Å². The number of methoxy groups -OCH3 is 1. The highest BCUT2D eigenvalue weighted by molar-refractivity contribution is 5.42. The maximum absolute atomic E-state index is 5.50. The van der Waals surface area contributed by atoms with Gasteiger partial charge in [0.15, 0.2) is 11.5 Å². The van der Waals surface area contributed by atoms with E-state index in [1.807, 2.05) is 18.2 Å². The Morgan fingerprint density at radius 2 is 2.13 bits per heavy atom. The molecular weight excluding hydrogens is 188 g/mol. The molecule has 2 nitrogen and oxygen atoms in total. The highest BCUT2D eigenvalue weighted by Gasteiger charge is 2.04. The van der Waals surface area contributed by atoms with Crippen LogP contribution in [0.2, 0.25) is 0 Å². The van der Waals surface area contributed by atoms with Crippen molar-refractivity contribution in [2.24, 2.45) is 0 Å². The molecule has 15 heavy (non-hydrogen) atoms. The van der Waals surface area contributed by atoms with E-state index in [-0.39, 0.29) is 0 Å². The molecule has 0 aliphatic heterocycles. The monoisotopic (exact) mass is 204 g/mol. The van der Waals surface area contributed by atoms with Crippen molar-refractivity contribution in [3.05, 3.63) is 23.8 Å². The Morgan fingerprint density at radius 1 is 1.33 bits per heavy atom. The number of hydrogen-bond donors (Lipinski definition) is 0. The van der Waals surface area contributed by atoms with E-state index in [1.54, 1.807) is 7.11 Å². The van der Waals surface area contributed by atoms with Crippen molar-refractivity contribution in [1.29, 1.82) is 0 Å². The van der Waals surface area contributed by atoms with Crippen LogP contribution in [0.25, 0.3) is 0 Å². The van der Waals surface area contributed by atoms with E-state index in [0.29, 0.717) is 13.0 Å². The lowest BCUT2D eigenvalue weighted by atomic mass is 10.1. The Hall–Kier alpha value is -1.62. The number of rotatable bonds is 5. The molecule has 0 N–H and O–H groups in total. The second-order valence-electron chi connectivity index (χ2n) is 3.14. The van der Waals surface area contributed by atoms with Crippen molar-refractivity contribution in [2.45, 2.75) is 19.8 Å². The van der Waals surface area contributed by atoms with Crippen LogP contribution in [-0.4, -0.2) is 13.7 Å². The van der Waals surface area contributed by atoms with Crippen molar-refractivity contribution < 1.29 is 9.47 Å². The lowest BCUT2D eigenvalue weighted by Gasteiger charge is -2.10. The number of benzene rings is 1. The molecule has 1 aromatic rings. The second kappa shape index (κ2) is 5.98. The number of hydrogen-bond acceptors (Lipinski definition) is 2. The van der Waals surface area contributed by atoms with Crippen LogP contribution in [0.15, 0.2) is 18.2 Å². The fraction of sp³-hybridized carbons (Fsp3) is 0.385. The van der Waals surface area contributed by atoms with Gasteiger partial charge in [-0.2, -0.15) is 0 Å². The zero-order valence-electron chi connectivity index (χ0n) is 9.25. The summed E-state index contributed by atoms with van der Waals surface area (Å²) in [6, 6.07) is 5.95. The molecule has 1 rings (SSSR count). The Balaban J connectivity index is 2.74. The summed E-state index contributed by atoms with van der Waals surface area (Å²) in [5.41, 5.74) is 1.23. The molecule has 1 aromatic carbocycles. The van der Waals surface area contributed by atoms with Gasteiger partial charge in [0, 0.05) is 6.42 Å². The predicted octanol–water partition coefficient (Wildman–Crippen LogP) is 2.66. The highest BCUT2D eigenvalue weighted by Crippen LogP contribution is 2.28. The smallest absolute Gasteiger partial charge is 0.161 e. The Morgan fingerprint density at radius 3 is 2.73 bits per heavy atom. The summed E-state index contributed by atoms with van der Waals surface area (Å²) in [4.78, 5) is 0. The first-order valence-corrected chi connectivity index (χ1v) is 5.05. The van der Waals surface area contributed by atoms with Crippen LogP contribution < -0.4 is 9.47 Å². The van der Waals surface area contributed by atoms with E-state index < -0.39 is 0 Å². The minimum atomic E-state index is 0.526. The van der Waals surface area contributed by atoms with E-state index in [9.17, 15) is 0 Å². The molecule has 0 saturated heterocycles. The van der Waals surface area contributed by atoms with Gasteiger partial charge in [-0.15, -0.1) is 12.3 Å². The molecule has 0 spiro atoms. The largest absolute Gasteiger partial charge is 0.493 e. The van der Waals surface area contributed by atoms with E-state index in [4.69, 9.17) is 15.9 Å². The summed E-state index contributed by atoms with van der Waals surface area (Å²) >= 11 is 0. The Labute approximate surface area is 91.2 Å². The molecule has 0 unspecified atom stereocenters. The topological polar surface area (TPSA) is 18.5 Å². The third kappa shape index (κ3) is 3.21. The average molecular weight is 204 g/mol. The SMILES string of the molecule is C#CCCOc1ccc(CC)cc1OC. The van der Waals surface area contributed by atoms with Crippen LogP contribution in [0.4, 0.5) is 0 Å². The van der Waals surface area contributed by atoms with E-state index in [0.717, 1.165) is 17.9 Å². The first-order valence-electron chi connectivity index (χ1n) is 5.05. The summed E-state index contributed by atoms with van der Waals surface area (Å²) in [7, 11) is 1.64. The van der Waals surface area contributed by atoms with Crippen LogP contribution >= 0.6 is 0 Å². The second-order valence-corrected chi connectivity index (χ2v) is 3.14. The van der Waals surface area contributed by atoms with Crippen molar-refractivity contribution in [2.75, 3.05) is 13.7 Å². The molecule has 0 aliphatic rings. The quantitative estimate of drug-likeness (QED) is 0.542. The molecule has 0 radical (unpaired) electrons. The molecule has 0 fully saturated rings. The highest BCUT2D eigenvalue weighted by atomic mass is 16.5. The molecule has 80 valence electrons. The van der Waals surface area contributed by atoms with Crippen LogP contribution in [0.3, 0.4) is 0 Å². The third-order valence-corrected chi connectivity index (χ3v) is 2.14. The molecule has 0 heterocycles. The molecule has 0 saturated carbocycles. The third-order valence-electron chi connectivity index (χ3n) is 2.14. The average Bonchev–Trinajstić information content (AvgIpc) is 2.29. The summed E-state index contributed by atoms with van der Waals surface area (Å²) in [5.74, 6) is 4.06. The van der Waals surface area contributed by atoms with Gasteiger partial charge in [0.2, 0.25) is 0 Å². The van der Waals surface area contributed by atoms with Gasteiger partial charge in [-0.1, -0.05) is 13.0 Å². The minimum Gasteiger partial charge on any atom is -0.493 e. The maximum atomic E-state index is 5.50. The van der Waals surface area contributed by atoms with Gasteiger partial charge in [0.05, 0.1) is 13.7 Å². The Bertz CT molecular complexity index is 350. The van der Waals surface area contributed by atoms with Gasteiger partial charge >= 0.3 is 0 Å². The summed E-state index contributed by atoms with van der Waals surface area (Å²) in [6.45, 7) is 2.63. The fourth-order valence-corrected chi connectivity index (χ4v) is 1.27. The first kappa shape index (κ1) is 11.5. The molecule has 0 bridgehead atoms. The standard InChI is InChI=1S/C13H16O2/c1-4-6-9-15-12-8-7-11(5-2)10-13(12)14-3/h1,7-8,10H,5-6,9H2,2-3H3. The zero-order valence-corrected chi connectivity index (χ0v) is 9.25. The zero-order chi connectivity index (χ0) is 11.1. The Kier molecular flexibility index (Phi) is 4.56. The van der Waals surface area contributed by atoms with Gasteiger partial charge in [0.1, 0.15) is 0 Å². The summed E-state index contributed by atoms with van der Waals surface area (Å²) in [5, 5.41) is 0.